The van der Waals surface area contributed by atoms with Crippen molar-refractivity contribution in [3.63, 3.8) is 0 Å². The predicted octanol–water partition coefficient (Wildman–Crippen LogP) is 2.63. The van der Waals surface area contributed by atoms with Crippen LogP contribution < -0.4 is 5.32 Å². The summed E-state index contributed by atoms with van der Waals surface area (Å²) < 4.78 is 0. The molecule has 0 aromatic heterocycles. The Morgan fingerprint density at radius 3 is 2.88 bits per heavy atom. The summed E-state index contributed by atoms with van der Waals surface area (Å²) in [6.45, 7) is 4.05. The smallest absolute Gasteiger partial charge is 0.238 e. The summed E-state index contributed by atoms with van der Waals surface area (Å²) in [7, 11) is 0. The van der Waals surface area contributed by atoms with E-state index in [1.54, 1.807) is 12.1 Å². The van der Waals surface area contributed by atoms with Crippen molar-refractivity contribution in [2.75, 3.05) is 5.32 Å². The van der Waals surface area contributed by atoms with Crippen molar-refractivity contribution in [2.45, 2.75) is 24.0 Å². The molecule has 0 fully saturated rings. The maximum atomic E-state index is 11.8. The van der Waals surface area contributed by atoms with E-state index in [9.17, 15) is 4.79 Å². The van der Waals surface area contributed by atoms with Gasteiger partial charge in [-0.25, -0.2) is 0 Å². The molecule has 1 heterocycles. The molecule has 3 nitrogen and oxygen atoms in total. The highest BCUT2D eigenvalue weighted by Gasteiger charge is 2.29. The van der Waals surface area contributed by atoms with Gasteiger partial charge in [0.05, 0.1) is 22.6 Å². The van der Waals surface area contributed by atoms with E-state index < -0.39 is 0 Å². The van der Waals surface area contributed by atoms with E-state index in [0.29, 0.717) is 5.56 Å². The van der Waals surface area contributed by atoms with Crippen LogP contribution in [0.4, 0.5) is 5.69 Å². The minimum absolute atomic E-state index is 0.0530. The highest BCUT2D eigenvalue weighted by atomic mass is 32.2. The number of anilines is 1. The van der Waals surface area contributed by atoms with Crippen molar-refractivity contribution in [1.29, 1.82) is 5.26 Å². The van der Waals surface area contributed by atoms with E-state index in [0.717, 1.165) is 10.6 Å². The minimum Gasteiger partial charge on any atom is -0.324 e. The summed E-state index contributed by atoms with van der Waals surface area (Å²) in [5.41, 5.74) is 1.44. The number of nitriles is 1. The molecule has 1 aliphatic heterocycles. The predicted molar refractivity (Wildman–Crippen MR) is 64.3 cm³/mol. The fourth-order valence-electron chi connectivity index (χ4n) is 1.63. The number of hydrogen-bond donors (Lipinski definition) is 1. The fourth-order valence-corrected chi connectivity index (χ4v) is 2.78. The van der Waals surface area contributed by atoms with Gasteiger partial charge in [-0.3, -0.25) is 4.79 Å². The first-order valence-electron chi connectivity index (χ1n) is 5.13. The molecule has 4 heteroatoms. The van der Waals surface area contributed by atoms with Gasteiger partial charge in [0, 0.05) is 4.90 Å². The van der Waals surface area contributed by atoms with Crippen LogP contribution in [0.15, 0.2) is 23.1 Å². The number of carbonyl (C=O) groups excluding carboxylic acids is 1. The maximum Gasteiger partial charge on any atom is 0.238 e. The van der Waals surface area contributed by atoms with Crippen molar-refractivity contribution >= 4 is 23.4 Å². The zero-order valence-electron chi connectivity index (χ0n) is 9.15. The first-order valence-corrected chi connectivity index (χ1v) is 6.01. The van der Waals surface area contributed by atoms with Gasteiger partial charge in [-0.1, -0.05) is 13.8 Å². The van der Waals surface area contributed by atoms with E-state index in [2.05, 4.69) is 11.4 Å². The van der Waals surface area contributed by atoms with E-state index in [1.165, 1.54) is 11.8 Å². The number of nitrogens with zero attached hydrogens (tertiary/aromatic N) is 1. The number of rotatable bonds is 1. The lowest BCUT2D eigenvalue weighted by Gasteiger charge is -2.26. The highest BCUT2D eigenvalue weighted by molar-refractivity contribution is 8.01. The second-order valence-corrected chi connectivity index (χ2v) is 5.28. The third-order valence-electron chi connectivity index (χ3n) is 2.49. The molecule has 1 aliphatic rings. The monoisotopic (exact) mass is 232 g/mol. The summed E-state index contributed by atoms with van der Waals surface area (Å²) in [6.07, 6.45) is 0. The number of nitrogens with one attached hydrogen (secondary N) is 1. The van der Waals surface area contributed by atoms with Crippen molar-refractivity contribution in [3.05, 3.63) is 23.8 Å². The molecule has 82 valence electrons. The molecule has 1 aromatic carbocycles. The van der Waals surface area contributed by atoms with Crippen LogP contribution in [-0.4, -0.2) is 11.2 Å². The molecule has 0 radical (unpaired) electrons. The van der Waals surface area contributed by atoms with Crippen LogP contribution in [0.2, 0.25) is 0 Å². The summed E-state index contributed by atoms with van der Waals surface area (Å²) in [6, 6.07) is 7.44. The Morgan fingerprint density at radius 1 is 1.50 bits per heavy atom. The normalized spacial score (nSPS) is 18.9. The van der Waals surface area contributed by atoms with Gasteiger partial charge in [0.2, 0.25) is 5.91 Å². The second-order valence-electron chi connectivity index (χ2n) is 4.09. The van der Waals surface area contributed by atoms with Gasteiger partial charge in [0.15, 0.2) is 0 Å². The van der Waals surface area contributed by atoms with Crippen LogP contribution in [0, 0.1) is 17.2 Å². The Bertz CT molecular complexity index is 476. The molecule has 0 saturated heterocycles. The second kappa shape index (κ2) is 4.18. The fraction of sp³-hybridized carbons (Fsp3) is 0.333. The quantitative estimate of drug-likeness (QED) is 0.809. The third kappa shape index (κ3) is 1.91. The Labute approximate surface area is 98.8 Å². The molecular formula is C12H12N2OS. The van der Waals surface area contributed by atoms with Crippen LogP contribution >= 0.6 is 11.8 Å². The van der Waals surface area contributed by atoms with Crippen LogP contribution in [-0.2, 0) is 4.79 Å². The number of amides is 1. The Hall–Kier alpha value is -1.47. The van der Waals surface area contributed by atoms with Crippen LogP contribution in [0.1, 0.15) is 19.4 Å². The Balaban J connectivity index is 2.37. The van der Waals surface area contributed by atoms with Gasteiger partial charge in [-0.05, 0) is 24.1 Å². The third-order valence-corrected chi connectivity index (χ3v) is 4.09. The molecule has 2 rings (SSSR count). The molecule has 1 amide bonds. The summed E-state index contributed by atoms with van der Waals surface area (Å²) >= 11 is 1.54. The van der Waals surface area contributed by atoms with E-state index in [4.69, 9.17) is 5.26 Å². The van der Waals surface area contributed by atoms with Gasteiger partial charge in [0.25, 0.3) is 0 Å². The molecule has 1 aromatic rings. The highest BCUT2D eigenvalue weighted by Crippen LogP contribution is 2.38. The van der Waals surface area contributed by atoms with Gasteiger partial charge in [0.1, 0.15) is 0 Å². The van der Waals surface area contributed by atoms with Crippen LogP contribution in [0.5, 0.6) is 0 Å². The molecule has 1 unspecified atom stereocenters. The largest absolute Gasteiger partial charge is 0.324 e. The van der Waals surface area contributed by atoms with Gasteiger partial charge < -0.3 is 5.32 Å². The lowest BCUT2D eigenvalue weighted by atomic mass is 10.1. The summed E-state index contributed by atoms with van der Waals surface area (Å²) in [4.78, 5) is 12.7. The number of carbonyl (C=O) groups is 1. The van der Waals surface area contributed by atoms with Crippen molar-refractivity contribution in [1.82, 2.24) is 0 Å². The molecular weight excluding hydrogens is 220 g/mol. The number of benzene rings is 1. The van der Waals surface area contributed by atoms with Gasteiger partial charge in [-0.15, -0.1) is 11.8 Å². The van der Waals surface area contributed by atoms with Crippen molar-refractivity contribution < 1.29 is 4.79 Å². The van der Waals surface area contributed by atoms with Gasteiger partial charge in [-0.2, -0.15) is 5.26 Å². The lowest BCUT2D eigenvalue weighted by molar-refractivity contribution is -0.116. The average Bonchev–Trinajstić information content (AvgIpc) is 2.27. The lowest BCUT2D eigenvalue weighted by Crippen LogP contribution is -2.32. The molecule has 1 N–H and O–H groups in total. The van der Waals surface area contributed by atoms with Crippen molar-refractivity contribution in [3.8, 4) is 6.07 Å². The van der Waals surface area contributed by atoms with E-state index >= 15 is 0 Å². The van der Waals surface area contributed by atoms with Crippen molar-refractivity contribution in [2.24, 2.45) is 5.92 Å². The molecule has 0 bridgehead atoms. The van der Waals surface area contributed by atoms with E-state index in [-0.39, 0.29) is 17.1 Å². The first kappa shape index (κ1) is 11.0. The Kier molecular flexibility index (Phi) is 2.88. The number of thioether (sulfide) groups is 1. The van der Waals surface area contributed by atoms with Gasteiger partial charge >= 0.3 is 0 Å². The molecule has 0 saturated carbocycles. The molecule has 0 spiro atoms. The number of hydrogen-bond acceptors (Lipinski definition) is 3. The first-order chi connectivity index (χ1) is 7.61. The topological polar surface area (TPSA) is 52.9 Å². The summed E-state index contributed by atoms with van der Waals surface area (Å²) in [5.74, 6) is 0.334. The summed E-state index contributed by atoms with van der Waals surface area (Å²) in [5, 5.41) is 11.6. The minimum atomic E-state index is -0.0681. The standard InChI is InChI=1S/C12H12N2OS/c1-7(2)11-12(15)14-9-4-3-8(6-13)5-10(9)16-11/h3-5,7,11H,1-2H3,(H,14,15). The SMILES string of the molecule is CC(C)C1Sc2cc(C#N)ccc2NC1=O. The zero-order chi connectivity index (χ0) is 11.7. The molecule has 16 heavy (non-hydrogen) atoms. The zero-order valence-corrected chi connectivity index (χ0v) is 9.97. The van der Waals surface area contributed by atoms with E-state index in [1.807, 2.05) is 19.9 Å². The average molecular weight is 232 g/mol. The Morgan fingerprint density at radius 2 is 2.25 bits per heavy atom. The molecule has 1 atom stereocenters. The number of fused-ring (bicyclic) bond motifs is 1. The molecule has 0 aliphatic carbocycles. The van der Waals surface area contributed by atoms with Crippen LogP contribution in [0.3, 0.4) is 0 Å². The van der Waals surface area contributed by atoms with Crippen LogP contribution in [0.25, 0.3) is 0 Å². The maximum absolute atomic E-state index is 11.8.